The average molecular weight is 374 g/mol. The minimum Gasteiger partial charge on any atom is -0.325 e. The smallest absolute Gasteiger partial charge is 0.238 e. The zero-order chi connectivity index (χ0) is 19.3. The van der Waals surface area contributed by atoms with Crippen molar-refractivity contribution in [3.63, 3.8) is 0 Å². The van der Waals surface area contributed by atoms with Crippen molar-refractivity contribution in [1.82, 2.24) is 4.90 Å². The highest BCUT2D eigenvalue weighted by molar-refractivity contribution is 6.31. The number of hydrogen-bond acceptors (Lipinski definition) is 3. The predicted molar refractivity (Wildman–Crippen MR) is 107 cm³/mol. The van der Waals surface area contributed by atoms with Gasteiger partial charge in [-0.2, -0.15) is 0 Å². The molecule has 26 heavy (non-hydrogen) atoms. The molecule has 0 bridgehead atoms. The van der Waals surface area contributed by atoms with E-state index in [4.69, 9.17) is 11.6 Å². The molecule has 0 radical (unpaired) electrons. The van der Waals surface area contributed by atoms with E-state index in [0.29, 0.717) is 10.7 Å². The Hall–Kier alpha value is -2.37. The molecule has 0 fully saturated rings. The fourth-order valence-corrected chi connectivity index (χ4v) is 2.79. The molecular formula is C20H24ClN3O2. The van der Waals surface area contributed by atoms with Gasteiger partial charge < -0.3 is 10.6 Å². The lowest BCUT2D eigenvalue weighted by molar-refractivity contribution is -0.119. The second kappa shape index (κ2) is 8.83. The highest BCUT2D eigenvalue weighted by Gasteiger charge is 2.13. The third kappa shape index (κ3) is 5.58. The summed E-state index contributed by atoms with van der Waals surface area (Å²) in [6, 6.07) is 11.2. The summed E-state index contributed by atoms with van der Waals surface area (Å²) in [5.74, 6) is -0.358. The highest BCUT2D eigenvalue weighted by atomic mass is 35.5. The summed E-state index contributed by atoms with van der Waals surface area (Å²) in [5, 5.41) is 6.30. The number of nitrogens with one attached hydrogen (secondary N) is 2. The monoisotopic (exact) mass is 373 g/mol. The number of carbonyl (C=O) groups is 2. The molecule has 2 aromatic rings. The predicted octanol–water partition coefficient (Wildman–Crippen LogP) is 3.77. The molecule has 0 spiro atoms. The number of nitrogens with zero attached hydrogens (tertiary/aromatic N) is 1. The van der Waals surface area contributed by atoms with Crippen LogP contribution in [0.5, 0.6) is 0 Å². The molecule has 6 heteroatoms. The first-order valence-corrected chi connectivity index (χ1v) is 8.74. The minimum absolute atomic E-state index is 0.103. The van der Waals surface area contributed by atoms with Crippen LogP contribution in [0, 0.1) is 20.8 Å². The van der Waals surface area contributed by atoms with Gasteiger partial charge in [0, 0.05) is 16.4 Å². The van der Waals surface area contributed by atoms with E-state index in [1.165, 1.54) is 0 Å². The molecular weight excluding hydrogens is 350 g/mol. The van der Waals surface area contributed by atoms with E-state index in [0.717, 1.165) is 22.4 Å². The van der Waals surface area contributed by atoms with Crippen LogP contribution in [0.25, 0.3) is 0 Å². The standard InChI is InChI=1S/C20H24ClN3O2/c1-13-8-9-16(10-17(13)21)22-18(25)11-24(4)12-19(26)23-20-14(2)6-5-7-15(20)3/h5-10H,11-12H2,1-4H3,(H,22,25)(H,23,26). The molecule has 2 rings (SSSR count). The summed E-state index contributed by atoms with van der Waals surface area (Å²) in [5.41, 5.74) is 4.43. The maximum absolute atomic E-state index is 12.2. The second-order valence-corrected chi connectivity index (χ2v) is 6.91. The summed E-state index contributed by atoms with van der Waals surface area (Å²) in [4.78, 5) is 26.0. The Labute approximate surface area is 159 Å². The molecule has 0 saturated heterocycles. The lowest BCUT2D eigenvalue weighted by Crippen LogP contribution is -2.36. The van der Waals surface area contributed by atoms with Crippen LogP contribution in [0.15, 0.2) is 36.4 Å². The first-order chi connectivity index (χ1) is 12.3. The summed E-state index contributed by atoms with van der Waals surface area (Å²) in [7, 11) is 1.73. The van der Waals surface area contributed by atoms with Gasteiger partial charge in [-0.25, -0.2) is 0 Å². The molecule has 0 aliphatic rings. The van der Waals surface area contributed by atoms with Gasteiger partial charge in [-0.1, -0.05) is 35.9 Å². The molecule has 0 aromatic heterocycles. The number of benzene rings is 2. The lowest BCUT2D eigenvalue weighted by Gasteiger charge is -2.17. The summed E-state index contributed by atoms with van der Waals surface area (Å²) >= 11 is 6.06. The van der Waals surface area contributed by atoms with E-state index in [-0.39, 0.29) is 24.9 Å². The van der Waals surface area contributed by atoms with Crippen LogP contribution in [0.2, 0.25) is 5.02 Å². The molecule has 0 atom stereocenters. The minimum atomic E-state index is -0.202. The van der Waals surface area contributed by atoms with Crippen molar-refractivity contribution in [2.75, 3.05) is 30.8 Å². The maximum atomic E-state index is 12.2. The largest absolute Gasteiger partial charge is 0.325 e. The Morgan fingerprint density at radius 3 is 2.08 bits per heavy atom. The Morgan fingerprint density at radius 2 is 1.50 bits per heavy atom. The van der Waals surface area contributed by atoms with Crippen LogP contribution in [0.1, 0.15) is 16.7 Å². The van der Waals surface area contributed by atoms with E-state index in [9.17, 15) is 9.59 Å². The Morgan fingerprint density at radius 1 is 0.923 bits per heavy atom. The van der Waals surface area contributed by atoms with E-state index < -0.39 is 0 Å². The summed E-state index contributed by atoms with van der Waals surface area (Å²) < 4.78 is 0. The van der Waals surface area contributed by atoms with Crippen molar-refractivity contribution in [3.8, 4) is 0 Å². The normalized spacial score (nSPS) is 10.7. The number of amides is 2. The molecule has 2 aromatic carbocycles. The molecule has 138 valence electrons. The van der Waals surface area contributed by atoms with Gasteiger partial charge >= 0.3 is 0 Å². The van der Waals surface area contributed by atoms with Gasteiger partial charge in [-0.3, -0.25) is 14.5 Å². The fraction of sp³-hybridized carbons (Fsp3) is 0.300. The third-order valence-corrected chi connectivity index (χ3v) is 4.44. The van der Waals surface area contributed by atoms with Crippen LogP contribution in [0.4, 0.5) is 11.4 Å². The van der Waals surface area contributed by atoms with Crippen molar-refractivity contribution >= 4 is 34.8 Å². The van der Waals surface area contributed by atoms with Crippen molar-refractivity contribution in [2.45, 2.75) is 20.8 Å². The molecule has 0 aliphatic carbocycles. The van der Waals surface area contributed by atoms with E-state index in [2.05, 4.69) is 10.6 Å². The number of anilines is 2. The Bertz CT molecular complexity index is 800. The topological polar surface area (TPSA) is 61.4 Å². The van der Waals surface area contributed by atoms with Gasteiger partial charge in [0.05, 0.1) is 13.1 Å². The van der Waals surface area contributed by atoms with E-state index in [1.807, 2.05) is 45.0 Å². The van der Waals surface area contributed by atoms with Gasteiger partial charge in [0.1, 0.15) is 0 Å². The van der Waals surface area contributed by atoms with E-state index >= 15 is 0 Å². The van der Waals surface area contributed by atoms with Gasteiger partial charge in [-0.15, -0.1) is 0 Å². The highest BCUT2D eigenvalue weighted by Crippen LogP contribution is 2.20. The van der Waals surface area contributed by atoms with Crippen LogP contribution < -0.4 is 10.6 Å². The first-order valence-electron chi connectivity index (χ1n) is 8.37. The molecule has 0 heterocycles. The fourth-order valence-electron chi connectivity index (χ4n) is 2.61. The van der Waals surface area contributed by atoms with Gasteiger partial charge in [0.15, 0.2) is 0 Å². The van der Waals surface area contributed by atoms with Gasteiger partial charge in [0.2, 0.25) is 11.8 Å². The van der Waals surface area contributed by atoms with Crippen molar-refractivity contribution in [1.29, 1.82) is 0 Å². The summed E-state index contributed by atoms with van der Waals surface area (Å²) in [6.07, 6.45) is 0. The first kappa shape index (κ1) is 19.9. The Kier molecular flexibility index (Phi) is 6.77. The zero-order valence-electron chi connectivity index (χ0n) is 15.5. The molecule has 2 amide bonds. The van der Waals surface area contributed by atoms with Crippen molar-refractivity contribution in [2.24, 2.45) is 0 Å². The molecule has 0 unspecified atom stereocenters. The van der Waals surface area contributed by atoms with Crippen LogP contribution >= 0.6 is 11.6 Å². The molecule has 2 N–H and O–H groups in total. The maximum Gasteiger partial charge on any atom is 0.238 e. The van der Waals surface area contributed by atoms with E-state index in [1.54, 1.807) is 24.1 Å². The average Bonchev–Trinajstić information content (AvgIpc) is 2.54. The quantitative estimate of drug-likeness (QED) is 0.810. The third-order valence-electron chi connectivity index (χ3n) is 4.03. The van der Waals surface area contributed by atoms with Crippen molar-refractivity contribution < 1.29 is 9.59 Å². The Balaban J connectivity index is 1.87. The van der Waals surface area contributed by atoms with Gasteiger partial charge in [0.25, 0.3) is 0 Å². The van der Waals surface area contributed by atoms with Crippen LogP contribution in [-0.4, -0.2) is 36.9 Å². The number of carbonyl (C=O) groups excluding carboxylic acids is 2. The lowest BCUT2D eigenvalue weighted by atomic mass is 10.1. The van der Waals surface area contributed by atoms with Gasteiger partial charge in [-0.05, 0) is 56.6 Å². The molecule has 0 saturated carbocycles. The summed E-state index contributed by atoms with van der Waals surface area (Å²) in [6.45, 7) is 6.02. The second-order valence-electron chi connectivity index (χ2n) is 6.50. The number of hydrogen-bond donors (Lipinski definition) is 2. The number of halogens is 1. The zero-order valence-corrected chi connectivity index (χ0v) is 16.3. The van der Waals surface area contributed by atoms with Crippen LogP contribution in [0.3, 0.4) is 0 Å². The number of likely N-dealkylation sites (N-methyl/N-ethyl adjacent to an activating group) is 1. The molecule has 5 nitrogen and oxygen atoms in total. The molecule has 0 aliphatic heterocycles. The number of para-hydroxylation sites is 1. The van der Waals surface area contributed by atoms with Crippen molar-refractivity contribution in [3.05, 3.63) is 58.1 Å². The number of rotatable bonds is 6. The SMILES string of the molecule is Cc1ccc(NC(=O)CN(C)CC(=O)Nc2c(C)cccc2C)cc1Cl. The van der Waals surface area contributed by atoms with Crippen LogP contribution in [-0.2, 0) is 9.59 Å². The number of aryl methyl sites for hydroxylation is 3.